The smallest absolute Gasteiger partial charge is 0.307 e. The molecule has 1 fully saturated rings. The van der Waals surface area contributed by atoms with E-state index in [1.807, 2.05) is 30.3 Å². The van der Waals surface area contributed by atoms with E-state index in [0.717, 1.165) is 5.56 Å². The Hall–Kier alpha value is -1.40. The molecule has 1 aromatic rings. The summed E-state index contributed by atoms with van der Waals surface area (Å²) < 4.78 is 5.10. The molecule has 1 heterocycles. The van der Waals surface area contributed by atoms with Crippen LogP contribution in [-0.4, -0.2) is 33.5 Å². The largest absolute Gasteiger partial charge is 0.469 e. The lowest BCUT2D eigenvalue weighted by atomic mass is 10.2. The second kappa shape index (κ2) is 6.16. The molecule has 1 saturated heterocycles. The van der Waals surface area contributed by atoms with Crippen molar-refractivity contribution in [2.75, 3.05) is 7.11 Å². The average Bonchev–Trinajstić information content (AvgIpc) is 2.67. The number of esters is 1. The highest BCUT2D eigenvalue weighted by molar-refractivity contribution is 8.24. The molecule has 19 heavy (non-hydrogen) atoms. The van der Waals surface area contributed by atoms with Crippen LogP contribution in [0.5, 0.6) is 0 Å². The lowest BCUT2D eigenvalue weighted by Gasteiger charge is -2.15. The summed E-state index contributed by atoms with van der Waals surface area (Å²) >= 11 is 6.45. The second-order valence-corrected chi connectivity index (χ2v) is 5.90. The van der Waals surface area contributed by atoms with Gasteiger partial charge in [0.1, 0.15) is 9.57 Å². The van der Waals surface area contributed by atoms with Crippen molar-refractivity contribution in [1.82, 2.24) is 4.90 Å². The Morgan fingerprint density at radius 1 is 1.42 bits per heavy atom. The third-order valence-corrected chi connectivity index (χ3v) is 4.35. The van der Waals surface area contributed by atoms with Crippen molar-refractivity contribution in [3.8, 4) is 0 Å². The summed E-state index contributed by atoms with van der Waals surface area (Å²) in [7, 11) is 1.31. The molecule has 100 valence electrons. The summed E-state index contributed by atoms with van der Waals surface area (Å²) in [5.41, 5.74) is 1.01. The van der Waals surface area contributed by atoms with E-state index in [9.17, 15) is 9.59 Å². The van der Waals surface area contributed by atoms with Crippen LogP contribution >= 0.6 is 24.0 Å². The zero-order valence-corrected chi connectivity index (χ0v) is 12.0. The lowest BCUT2D eigenvalue weighted by Crippen LogP contribution is -2.31. The molecule has 1 amide bonds. The Kier molecular flexibility index (Phi) is 4.55. The number of nitrogens with zero attached hydrogens (tertiary/aromatic N) is 1. The van der Waals surface area contributed by atoms with Gasteiger partial charge in [0.15, 0.2) is 0 Å². The van der Waals surface area contributed by atoms with Gasteiger partial charge in [-0.2, -0.15) is 0 Å². The molecule has 1 aromatic carbocycles. The van der Waals surface area contributed by atoms with Gasteiger partial charge in [-0.15, -0.1) is 0 Å². The number of methoxy groups -OCH3 is 1. The van der Waals surface area contributed by atoms with E-state index in [-0.39, 0.29) is 12.3 Å². The molecule has 0 aliphatic carbocycles. The first-order valence-electron chi connectivity index (χ1n) is 5.74. The fraction of sp³-hybridized carbons (Fsp3) is 0.308. The first-order chi connectivity index (χ1) is 9.11. The zero-order valence-electron chi connectivity index (χ0n) is 10.4. The highest BCUT2D eigenvalue weighted by Gasteiger charge is 2.38. The molecule has 0 unspecified atom stereocenters. The highest BCUT2D eigenvalue weighted by atomic mass is 32.2. The Labute approximate surface area is 121 Å². The van der Waals surface area contributed by atoms with Crippen LogP contribution in [0.4, 0.5) is 0 Å². The Balaban J connectivity index is 2.04. The molecule has 4 nitrogen and oxygen atoms in total. The summed E-state index contributed by atoms with van der Waals surface area (Å²) in [6.45, 7) is 0.448. The standard InChI is InChI=1S/C13H13NO3S2/c1-17-11(15)7-10-12(16)14(13(18)19-10)8-9-5-3-2-4-6-9/h2-6,10H,7-8H2,1H3/t10-/m1/s1. The number of hydrogen-bond acceptors (Lipinski definition) is 5. The van der Waals surface area contributed by atoms with Crippen LogP contribution in [0.25, 0.3) is 0 Å². The van der Waals surface area contributed by atoms with E-state index >= 15 is 0 Å². The molecule has 1 aliphatic rings. The molecule has 1 atom stereocenters. The molecular formula is C13H13NO3S2. The Bertz CT molecular complexity index is 504. The van der Waals surface area contributed by atoms with E-state index in [0.29, 0.717) is 10.9 Å². The third kappa shape index (κ3) is 3.33. The monoisotopic (exact) mass is 295 g/mol. The van der Waals surface area contributed by atoms with E-state index in [4.69, 9.17) is 12.2 Å². The molecule has 0 N–H and O–H groups in total. The fourth-order valence-electron chi connectivity index (χ4n) is 1.77. The van der Waals surface area contributed by atoms with E-state index in [1.54, 1.807) is 4.90 Å². The van der Waals surface area contributed by atoms with Crippen molar-refractivity contribution < 1.29 is 14.3 Å². The Morgan fingerprint density at radius 3 is 2.74 bits per heavy atom. The Morgan fingerprint density at radius 2 is 2.11 bits per heavy atom. The van der Waals surface area contributed by atoms with Crippen molar-refractivity contribution in [3.05, 3.63) is 35.9 Å². The molecule has 2 rings (SSSR count). The van der Waals surface area contributed by atoms with Crippen LogP contribution in [0.1, 0.15) is 12.0 Å². The minimum atomic E-state index is -0.455. The van der Waals surface area contributed by atoms with Gasteiger partial charge in [0.2, 0.25) is 5.91 Å². The minimum absolute atomic E-state index is 0.0609. The second-order valence-electron chi connectivity index (χ2n) is 4.06. The summed E-state index contributed by atoms with van der Waals surface area (Å²) in [4.78, 5) is 25.0. The number of carbonyl (C=O) groups excluding carboxylic acids is 2. The van der Waals surface area contributed by atoms with Crippen molar-refractivity contribution in [2.24, 2.45) is 0 Å². The quantitative estimate of drug-likeness (QED) is 0.628. The highest BCUT2D eigenvalue weighted by Crippen LogP contribution is 2.30. The van der Waals surface area contributed by atoms with Crippen LogP contribution in [0, 0.1) is 0 Å². The lowest BCUT2D eigenvalue weighted by molar-refractivity contribution is -0.142. The van der Waals surface area contributed by atoms with Crippen LogP contribution in [-0.2, 0) is 20.9 Å². The maximum Gasteiger partial charge on any atom is 0.307 e. The van der Waals surface area contributed by atoms with Crippen molar-refractivity contribution in [1.29, 1.82) is 0 Å². The number of ether oxygens (including phenoxy) is 1. The molecule has 0 spiro atoms. The van der Waals surface area contributed by atoms with Crippen molar-refractivity contribution in [3.63, 3.8) is 0 Å². The van der Waals surface area contributed by atoms with Gasteiger partial charge in [0.25, 0.3) is 0 Å². The molecule has 1 aliphatic heterocycles. The van der Waals surface area contributed by atoms with Crippen LogP contribution in [0.2, 0.25) is 0 Å². The average molecular weight is 295 g/mol. The maximum absolute atomic E-state index is 12.2. The topological polar surface area (TPSA) is 46.6 Å². The van der Waals surface area contributed by atoms with Crippen LogP contribution in [0.3, 0.4) is 0 Å². The summed E-state index contributed by atoms with van der Waals surface area (Å²) in [5, 5.41) is -0.455. The number of thioether (sulfide) groups is 1. The molecule has 6 heteroatoms. The number of amides is 1. The first kappa shape index (κ1) is 14.0. The normalized spacial score (nSPS) is 18.8. The molecule has 0 bridgehead atoms. The van der Waals surface area contributed by atoms with Gasteiger partial charge in [0, 0.05) is 0 Å². The SMILES string of the molecule is COC(=O)C[C@H]1SC(=S)N(Cc2ccccc2)C1=O. The summed E-state index contributed by atoms with van der Waals surface area (Å²) in [6.07, 6.45) is 0.0609. The number of thiocarbonyl (C=S) groups is 1. The predicted molar refractivity (Wildman–Crippen MR) is 77.6 cm³/mol. The molecule has 0 radical (unpaired) electrons. The predicted octanol–water partition coefficient (Wildman–Crippen LogP) is 1.98. The first-order valence-corrected chi connectivity index (χ1v) is 7.03. The molecular weight excluding hydrogens is 282 g/mol. The summed E-state index contributed by atoms with van der Waals surface area (Å²) in [6, 6.07) is 9.63. The summed E-state index contributed by atoms with van der Waals surface area (Å²) in [5.74, 6) is -0.514. The molecule has 0 saturated carbocycles. The number of benzene rings is 1. The zero-order chi connectivity index (χ0) is 13.8. The van der Waals surface area contributed by atoms with Crippen molar-refractivity contribution >= 4 is 40.2 Å². The van der Waals surface area contributed by atoms with Crippen molar-refractivity contribution in [2.45, 2.75) is 18.2 Å². The van der Waals surface area contributed by atoms with E-state index in [2.05, 4.69) is 4.74 Å². The van der Waals surface area contributed by atoms with Gasteiger partial charge in [-0.05, 0) is 5.56 Å². The van der Waals surface area contributed by atoms with Gasteiger partial charge in [-0.25, -0.2) is 0 Å². The fourth-order valence-corrected chi connectivity index (χ4v) is 3.25. The minimum Gasteiger partial charge on any atom is -0.469 e. The number of rotatable bonds is 4. The maximum atomic E-state index is 12.2. The van der Waals surface area contributed by atoms with Crippen LogP contribution < -0.4 is 0 Å². The van der Waals surface area contributed by atoms with Gasteiger partial charge in [0.05, 0.1) is 20.1 Å². The van der Waals surface area contributed by atoms with E-state index in [1.165, 1.54) is 18.9 Å². The van der Waals surface area contributed by atoms with Gasteiger partial charge in [-0.3, -0.25) is 14.5 Å². The van der Waals surface area contributed by atoms with Gasteiger partial charge < -0.3 is 4.74 Å². The number of hydrogen-bond donors (Lipinski definition) is 0. The van der Waals surface area contributed by atoms with Gasteiger partial charge in [-0.1, -0.05) is 54.3 Å². The van der Waals surface area contributed by atoms with Gasteiger partial charge >= 0.3 is 5.97 Å². The number of carbonyl (C=O) groups is 2. The molecule has 0 aromatic heterocycles. The van der Waals surface area contributed by atoms with E-state index < -0.39 is 11.2 Å². The third-order valence-electron chi connectivity index (χ3n) is 2.77. The van der Waals surface area contributed by atoms with Crippen LogP contribution in [0.15, 0.2) is 30.3 Å².